The molecule has 1 fully saturated rings. The molecule has 1 aliphatic heterocycles. The molecule has 0 atom stereocenters. The topological polar surface area (TPSA) is 24.5 Å². The molecule has 17 heavy (non-hydrogen) atoms. The van der Waals surface area contributed by atoms with E-state index >= 15 is 0 Å². The summed E-state index contributed by atoms with van der Waals surface area (Å²) in [7, 11) is 0. The molecule has 0 unspecified atom stereocenters. The molecule has 1 N–H and O–H groups in total. The third-order valence-electron chi connectivity index (χ3n) is 2.92. The highest BCUT2D eigenvalue weighted by Gasteiger charge is 2.10. The van der Waals surface area contributed by atoms with Crippen LogP contribution in [0, 0.1) is 0 Å². The van der Waals surface area contributed by atoms with Gasteiger partial charge in [0.2, 0.25) is 0 Å². The Kier molecular flexibility index (Phi) is 4.40. The van der Waals surface area contributed by atoms with Gasteiger partial charge in [0.1, 0.15) is 0 Å². The minimum absolute atomic E-state index is 0.486. The van der Waals surface area contributed by atoms with Crippen LogP contribution in [0.25, 0.3) is 0 Å². The Morgan fingerprint density at radius 2 is 1.82 bits per heavy atom. The Morgan fingerprint density at radius 3 is 2.41 bits per heavy atom. The number of rotatable bonds is 4. The third-order valence-corrected chi connectivity index (χ3v) is 2.92. The lowest BCUT2D eigenvalue weighted by Crippen LogP contribution is -2.35. The molecule has 3 nitrogen and oxygen atoms in total. The highest BCUT2D eigenvalue weighted by Crippen LogP contribution is 2.13. The number of benzene rings is 1. The van der Waals surface area contributed by atoms with E-state index in [-0.39, 0.29) is 0 Å². The molecule has 1 aromatic carbocycles. The number of ether oxygens (including phenoxy) is 1. The van der Waals surface area contributed by atoms with Crippen LogP contribution in [-0.2, 0) is 11.3 Å². The minimum Gasteiger partial charge on any atom is -0.383 e. The molecule has 0 aromatic heterocycles. The molecule has 0 radical (unpaired) electrons. The lowest BCUT2D eigenvalue weighted by molar-refractivity contribution is 0.0342. The van der Waals surface area contributed by atoms with Gasteiger partial charge < -0.3 is 10.1 Å². The summed E-state index contributed by atoms with van der Waals surface area (Å²) in [5.74, 6) is 0. The van der Waals surface area contributed by atoms with Crippen LogP contribution in [0.1, 0.15) is 19.4 Å². The molecule has 1 saturated heterocycles. The van der Waals surface area contributed by atoms with E-state index in [0.717, 1.165) is 32.8 Å². The van der Waals surface area contributed by atoms with Crippen molar-refractivity contribution in [2.75, 3.05) is 31.6 Å². The van der Waals surface area contributed by atoms with Gasteiger partial charge in [-0.15, -0.1) is 0 Å². The lowest BCUT2D eigenvalue weighted by Gasteiger charge is -2.26. The Hall–Kier alpha value is -1.06. The molecule has 1 aromatic rings. The molecule has 1 aliphatic rings. The first-order chi connectivity index (χ1) is 8.24. The summed E-state index contributed by atoms with van der Waals surface area (Å²) in [5, 5.41) is 3.40. The molecule has 1 heterocycles. The summed E-state index contributed by atoms with van der Waals surface area (Å²) < 4.78 is 5.35. The molecule has 0 amide bonds. The maximum absolute atomic E-state index is 5.35. The van der Waals surface area contributed by atoms with Crippen LogP contribution in [0.5, 0.6) is 0 Å². The standard InChI is InChI=1S/C14H22N2O/c1-12(2)15-14-5-3-13(4-6-14)11-16-7-9-17-10-8-16/h3-6,12,15H,7-11H2,1-2H3. The fraction of sp³-hybridized carbons (Fsp3) is 0.571. The number of hydrogen-bond donors (Lipinski definition) is 1. The molecule has 94 valence electrons. The molecule has 0 aliphatic carbocycles. The molecule has 0 saturated carbocycles. The van der Waals surface area contributed by atoms with Crippen LogP contribution in [0.4, 0.5) is 5.69 Å². The molecule has 0 bridgehead atoms. The SMILES string of the molecule is CC(C)Nc1ccc(CN2CCOCC2)cc1. The van der Waals surface area contributed by atoms with Crippen molar-refractivity contribution in [3.63, 3.8) is 0 Å². The van der Waals surface area contributed by atoms with E-state index in [0.29, 0.717) is 6.04 Å². The minimum atomic E-state index is 0.486. The van der Waals surface area contributed by atoms with Crippen molar-refractivity contribution in [1.29, 1.82) is 0 Å². The van der Waals surface area contributed by atoms with Gasteiger partial charge in [-0.05, 0) is 31.5 Å². The van der Waals surface area contributed by atoms with Crippen LogP contribution in [-0.4, -0.2) is 37.2 Å². The summed E-state index contributed by atoms with van der Waals surface area (Å²) in [5.41, 5.74) is 2.58. The van der Waals surface area contributed by atoms with Gasteiger partial charge in [0.25, 0.3) is 0 Å². The van der Waals surface area contributed by atoms with Gasteiger partial charge in [-0.3, -0.25) is 4.90 Å². The van der Waals surface area contributed by atoms with E-state index in [1.165, 1.54) is 11.3 Å². The van der Waals surface area contributed by atoms with E-state index in [2.05, 4.69) is 48.3 Å². The first-order valence-corrected chi connectivity index (χ1v) is 6.39. The first-order valence-electron chi connectivity index (χ1n) is 6.39. The number of hydrogen-bond acceptors (Lipinski definition) is 3. The van der Waals surface area contributed by atoms with Crippen molar-refractivity contribution in [2.45, 2.75) is 26.4 Å². The van der Waals surface area contributed by atoms with Gasteiger partial charge in [-0.1, -0.05) is 12.1 Å². The molecule has 0 spiro atoms. The zero-order valence-electron chi connectivity index (χ0n) is 10.8. The monoisotopic (exact) mass is 234 g/mol. The lowest BCUT2D eigenvalue weighted by atomic mass is 10.2. The van der Waals surface area contributed by atoms with Crippen LogP contribution < -0.4 is 5.32 Å². The number of morpholine rings is 1. The Bertz CT molecular complexity index is 329. The van der Waals surface area contributed by atoms with Crippen LogP contribution in [0.2, 0.25) is 0 Å². The maximum Gasteiger partial charge on any atom is 0.0594 e. The summed E-state index contributed by atoms with van der Waals surface area (Å²) in [6, 6.07) is 9.23. The highest BCUT2D eigenvalue weighted by molar-refractivity contribution is 5.45. The van der Waals surface area contributed by atoms with Crippen molar-refractivity contribution in [3.8, 4) is 0 Å². The van der Waals surface area contributed by atoms with Crippen molar-refractivity contribution in [3.05, 3.63) is 29.8 Å². The van der Waals surface area contributed by atoms with E-state index in [1.807, 2.05) is 0 Å². The number of nitrogens with one attached hydrogen (secondary N) is 1. The maximum atomic E-state index is 5.35. The van der Waals surface area contributed by atoms with Gasteiger partial charge in [0, 0.05) is 31.4 Å². The molecule has 2 rings (SSSR count). The van der Waals surface area contributed by atoms with Gasteiger partial charge >= 0.3 is 0 Å². The number of anilines is 1. The largest absolute Gasteiger partial charge is 0.383 e. The zero-order chi connectivity index (χ0) is 12.1. The zero-order valence-corrected chi connectivity index (χ0v) is 10.8. The summed E-state index contributed by atoms with van der Waals surface area (Å²) in [6.07, 6.45) is 0. The second-order valence-electron chi connectivity index (χ2n) is 4.88. The average Bonchev–Trinajstić information content (AvgIpc) is 2.32. The smallest absolute Gasteiger partial charge is 0.0594 e. The van der Waals surface area contributed by atoms with Crippen molar-refractivity contribution < 1.29 is 4.74 Å². The van der Waals surface area contributed by atoms with Gasteiger partial charge in [0.05, 0.1) is 13.2 Å². The first kappa shape index (κ1) is 12.4. The van der Waals surface area contributed by atoms with Gasteiger partial charge in [-0.25, -0.2) is 0 Å². The normalized spacial score (nSPS) is 17.4. The van der Waals surface area contributed by atoms with E-state index in [4.69, 9.17) is 4.74 Å². The Labute approximate surface area is 104 Å². The van der Waals surface area contributed by atoms with Crippen LogP contribution >= 0.6 is 0 Å². The summed E-state index contributed by atoms with van der Waals surface area (Å²) >= 11 is 0. The third kappa shape index (κ3) is 4.02. The van der Waals surface area contributed by atoms with Crippen molar-refractivity contribution in [2.24, 2.45) is 0 Å². The fourth-order valence-electron chi connectivity index (χ4n) is 2.06. The van der Waals surface area contributed by atoms with Gasteiger partial charge in [-0.2, -0.15) is 0 Å². The van der Waals surface area contributed by atoms with Crippen LogP contribution in [0.15, 0.2) is 24.3 Å². The molecule has 3 heteroatoms. The second-order valence-corrected chi connectivity index (χ2v) is 4.88. The molecular weight excluding hydrogens is 212 g/mol. The van der Waals surface area contributed by atoms with E-state index < -0.39 is 0 Å². The Balaban J connectivity index is 1.88. The Morgan fingerprint density at radius 1 is 1.18 bits per heavy atom. The van der Waals surface area contributed by atoms with Crippen molar-refractivity contribution >= 4 is 5.69 Å². The van der Waals surface area contributed by atoms with E-state index in [1.54, 1.807) is 0 Å². The highest BCUT2D eigenvalue weighted by atomic mass is 16.5. The summed E-state index contributed by atoms with van der Waals surface area (Å²) in [4.78, 5) is 2.44. The van der Waals surface area contributed by atoms with Crippen molar-refractivity contribution in [1.82, 2.24) is 4.90 Å². The molecular formula is C14H22N2O. The summed E-state index contributed by atoms with van der Waals surface area (Å²) in [6.45, 7) is 9.17. The predicted molar refractivity (Wildman–Crippen MR) is 71.3 cm³/mol. The number of nitrogens with zero attached hydrogens (tertiary/aromatic N) is 1. The van der Waals surface area contributed by atoms with E-state index in [9.17, 15) is 0 Å². The van der Waals surface area contributed by atoms with Crippen LogP contribution in [0.3, 0.4) is 0 Å². The van der Waals surface area contributed by atoms with Gasteiger partial charge in [0.15, 0.2) is 0 Å². The average molecular weight is 234 g/mol. The quantitative estimate of drug-likeness (QED) is 0.865. The second kappa shape index (κ2) is 6.03. The predicted octanol–water partition coefficient (Wildman–Crippen LogP) is 2.34. The fourth-order valence-corrected chi connectivity index (χ4v) is 2.06.